The first-order valence-electron chi connectivity index (χ1n) is 7.47. The molecule has 0 saturated carbocycles. The molecule has 0 spiro atoms. The number of halogens is 4. The Labute approximate surface area is 160 Å². The Hall–Kier alpha value is -2.88. The van der Waals surface area contributed by atoms with E-state index in [0.29, 0.717) is 5.69 Å². The van der Waals surface area contributed by atoms with Gasteiger partial charge in [-0.05, 0) is 36.4 Å². The van der Waals surface area contributed by atoms with Gasteiger partial charge in [-0.2, -0.15) is 13.2 Å². The molecule has 0 aromatic heterocycles. The van der Waals surface area contributed by atoms with Gasteiger partial charge in [-0.1, -0.05) is 28.1 Å². The van der Waals surface area contributed by atoms with Gasteiger partial charge in [0.25, 0.3) is 0 Å². The van der Waals surface area contributed by atoms with E-state index in [-0.39, 0.29) is 0 Å². The van der Waals surface area contributed by atoms with E-state index in [1.54, 1.807) is 24.3 Å². The van der Waals surface area contributed by atoms with E-state index in [0.717, 1.165) is 16.6 Å². The fraction of sp³-hybridized carbons (Fsp3) is 0.118. The van der Waals surface area contributed by atoms with E-state index in [9.17, 15) is 27.6 Å². The highest BCUT2D eigenvalue weighted by atomic mass is 79.9. The zero-order valence-corrected chi connectivity index (χ0v) is 15.1. The van der Waals surface area contributed by atoms with Crippen LogP contribution in [-0.4, -0.2) is 24.3 Å². The molecule has 2 rings (SSSR count). The summed E-state index contributed by atoms with van der Waals surface area (Å²) >= 11 is 3.22. The number of alkyl halides is 3. The minimum Gasteiger partial charge on any atom is -0.339 e. The van der Waals surface area contributed by atoms with Crippen molar-refractivity contribution < 1.29 is 27.6 Å². The molecule has 3 N–H and O–H groups in total. The lowest BCUT2D eigenvalue weighted by atomic mass is 10.1. The molecule has 0 radical (unpaired) electrons. The second-order valence-corrected chi connectivity index (χ2v) is 6.15. The van der Waals surface area contributed by atoms with E-state index in [2.05, 4.69) is 26.6 Å². The molecule has 0 bridgehead atoms. The van der Waals surface area contributed by atoms with Crippen molar-refractivity contribution in [1.82, 2.24) is 5.32 Å². The van der Waals surface area contributed by atoms with Gasteiger partial charge in [-0.25, -0.2) is 0 Å². The Kier molecular flexibility index (Phi) is 6.56. The summed E-state index contributed by atoms with van der Waals surface area (Å²) in [6, 6.07) is 10.8. The topological polar surface area (TPSA) is 87.3 Å². The predicted molar refractivity (Wildman–Crippen MR) is 95.9 cm³/mol. The van der Waals surface area contributed by atoms with E-state index < -0.39 is 41.7 Å². The van der Waals surface area contributed by atoms with Gasteiger partial charge in [0.15, 0.2) is 0 Å². The molecule has 2 aromatic rings. The van der Waals surface area contributed by atoms with Gasteiger partial charge >= 0.3 is 18.0 Å². The molecule has 0 saturated heterocycles. The van der Waals surface area contributed by atoms with E-state index in [4.69, 9.17) is 0 Å². The molecule has 10 heteroatoms. The van der Waals surface area contributed by atoms with Crippen LogP contribution in [0.25, 0.3) is 0 Å². The van der Waals surface area contributed by atoms with Crippen molar-refractivity contribution >= 4 is 45.0 Å². The lowest BCUT2D eigenvalue weighted by Gasteiger charge is -2.13. The molecule has 27 heavy (non-hydrogen) atoms. The summed E-state index contributed by atoms with van der Waals surface area (Å²) < 4.78 is 39.4. The Morgan fingerprint density at radius 3 is 2.15 bits per heavy atom. The number of carbonyl (C=O) groups excluding carboxylic acids is 3. The second kappa shape index (κ2) is 8.67. The third-order valence-electron chi connectivity index (χ3n) is 3.22. The summed E-state index contributed by atoms with van der Waals surface area (Å²) in [7, 11) is 0. The molecule has 0 unspecified atom stereocenters. The summed E-state index contributed by atoms with van der Waals surface area (Å²) in [5.41, 5.74) is -1.09. The van der Waals surface area contributed by atoms with Crippen molar-refractivity contribution in [3.05, 3.63) is 58.6 Å². The van der Waals surface area contributed by atoms with Crippen molar-refractivity contribution in [2.24, 2.45) is 0 Å². The number of nitrogens with one attached hydrogen (secondary N) is 3. The van der Waals surface area contributed by atoms with Crippen LogP contribution >= 0.6 is 15.9 Å². The average Bonchev–Trinajstić information content (AvgIpc) is 2.61. The average molecular weight is 444 g/mol. The quantitative estimate of drug-likeness (QED) is 0.634. The van der Waals surface area contributed by atoms with Crippen LogP contribution in [-0.2, 0) is 20.6 Å². The van der Waals surface area contributed by atoms with Gasteiger partial charge in [-0.3, -0.25) is 14.4 Å². The number of rotatable bonds is 4. The SMILES string of the molecule is O=C(CNC(=O)C(=O)Nc1ccc(Br)cc1)Nc1ccccc1C(F)(F)F. The Morgan fingerprint density at radius 2 is 1.52 bits per heavy atom. The highest BCUT2D eigenvalue weighted by Gasteiger charge is 2.33. The zero-order valence-electron chi connectivity index (χ0n) is 13.6. The van der Waals surface area contributed by atoms with Crippen molar-refractivity contribution in [1.29, 1.82) is 0 Å². The van der Waals surface area contributed by atoms with Crippen molar-refractivity contribution in [3.63, 3.8) is 0 Å². The van der Waals surface area contributed by atoms with Gasteiger partial charge in [-0.15, -0.1) is 0 Å². The number of amides is 3. The highest BCUT2D eigenvalue weighted by Crippen LogP contribution is 2.34. The van der Waals surface area contributed by atoms with Crippen LogP contribution in [0, 0.1) is 0 Å². The van der Waals surface area contributed by atoms with E-state index >= 15 is 0 Å². The summed E-state index contributed by atoms with van der Waals surface area (Å²) in [6.45, 7) is -0.668. The largest absolute Gasteiger partial charge is 0.418 e. The third kappa shape index (κ3) is 6.10. The lowest BCUT2D eigenvalue weighted by molar-refractivity contribution is -0.137. The minimum atomic E-state index is -4.64. The van der Waals surface area contributed by atoms with Crippen LogP contribution in [0.2, 0.25) is 0 Å². The molecule has 0 heterocycles. The number of anilines is 2. The Bertz CT molecular complexity index is 854. The predicted octanol–water partition coefficient (Wildman–Crippen LogP) is 3.16. The van der Waals surface area contributed by atoms with Gasteiger partial charge < -0.3 is 16.0 Å². The molecule has 0 aliphatic heterocycles. The Balaban J connectivity index is 1.89. The number of hydrogen-bond acceptors (Lipinski definition) is 3. The number of benzene rings is 2. The standard InChI is InChI=1S/C17H13BrF3N3O3/c18-10-5-7-11(8-6-10)23-16(27)15(26)22-9-14(25)24-13-4-2-1-3-12(13)17(19,20)21/h1-8H,9H2,(H,22,26)(H,23,27)(H,24,25). The van der Waals surface area contributed by atoms with Gasteiger partial charge in [0, 0.05) is 10.2 Å². The number of para-hydroxylation sites is 1. The molecule has 2 aromatic carbocycles. The number of hydrogen-bond donors (Lipinski definition) is 3. The fourth-order valence-corrected chi connectivity index (χ4v) is 2.26. The summed E-state index contributed by atoms with van der Waals surface area (Å²) in [5, 5.41) is 6.41. The van der Waals surface area contributed by atoms with Gasteiger partial charge in [0.05, 0.1) is 17.8 Å². The van der Waals surface area contributed by atoms with Crippen LogP contribution in [0.15, 0.2) is 53.0 Å². The maximum Gasteiger partial charge on any atom is 0.418 e. The second-order valence-electron chi connectivity index (χ2n) is 5.24. The zero-order chi connectivity index (χ0) is 20.0. The summed E-state index contributed by atoms with van der Waals surface area (Å²) in [4.78, 5) is 35.2. The van der Waals surface area contributed by atoms with Gasteiger partial charge in [0.1, 0.15) is 0 Å². The number of carbonyl (C=O) groups is 3. The first kappa shape index (κ1) is 20.4. The molecule has 0 aliphatic rings. The third-order valence-corrected chi connectivity index (χ3v) is 3.75. The van der Waals surface area contributed by atoms with Gasteiger partial charge in [0.2, 0.25) is 5.91 Å². The van der Waals surface area contributed by atoms with Crippen molar-refractivity contribution in [3.8, 4) is 0 Å². The van der Waals surface area contributed by atoms with Crippen LogP contribution in [0.4, 0.5) is 24.5 Å². The minimum absolute atomic E-state index is 0.363. The van der Waals surface area contributed by atoms with Crippen molar-refractivity contribution in [2.45, 2.75) is 6.18 Å². The smallest absolute Gasteiger partial charge is 0.339 e. The molecule has 0 aliphatic carbocycles. The van der Waals surface area contributed by atoms with Crippen LogP contribution in [0.1, 0.15) is 5.56 Å². The monoisotopic (exact) mass is 443 g/mol. The first-order chi connectivity index (χ1) is 12.7. The summed E-state index contributed by atoms with van der Waals surface area (Å²) in [5.74, 6) is -3.02. The van der Waals surface area contributed by atoms with E-state index in [1.165, 1.54) is 12.1 Å². The molecule has 142 valence electrons. The molecular weight excluding hydrogens is 431 g/mol. The highest BCUT2D eigenvalue weighted by molar-refractivity contribution is 9.10. The Morgan fingerprint density at radius 1 is 0.889 bits per heavy atom. The normalized spacial score (nSPS) is 10.8. The molecule has 0 fully saturated rings. The molecule has 3 amide bonds. The van der Waals surface area contributed by atoms with E-state index in [1.807, 2.05) is 5.32 Å². The van der Waals surface area contributed by atoms with Crippen LogP contribution in [0.5, 0.6) is 0 Å². The molecule has 0 atom stereocenters. The van der Waals surface area contributed by atoms with Crippen LogP contribution in [0.3, 0.4) is 0 Å². The van der Waals surface area contributed by atoms with Crippen LogP contribution < -0.4 is 16.0 Å². The van der Waals surface area contributed by atoms with Crippen molar-refractivity contribution in [2.75, 3.05) is 17.2 Å². The lowest BCUT2D eigenvalue weighted by Crippen LogP contribution is -2.40. The first-order valence-corrected chi connectivity index (χ1v) is 8.27. The molecule has 6 nitrogen and oxygen atoms in total. The fourth-order valence-electron chi connectivity index (χ4n) is 2.00. The maximum absolute atomic E-state index is 12.9. The summed E-state index contributed by atoms with van der Waals surface area (Å²) in [6.07, 6.45) is -4.64. The molecular formula is C17H13BrF3N3O3. The maximum atomic E-state index is 12.9.